The van der Waals surface area contributed by atoms with Gasteiger partial charge in [0, 0.05) is 10.6 Å². The van der Waals surface area contributed by atoms with Crippen LogP contribution in [0, 0.1) is 6.92 Å². The van der Waals surface area contributed by atoms with Crippen molar-refractivity contribution < 1.29 is 14.3 Å². The summed E-state index contributed by atoms with van der Waals surface area (Å²) >= 11 is 7.11. The molecule has 0 aliphatic rings. The van der Waals surface area contributed by atoms with E-state index in [1.54, 1.807) is 31.2 Å². The molecule has 3 rings (SSSR count). The highest BCUT2D eigenvalue weighted by Crippen LogP contribution is 2.27. The van der Waals surface area contributed by atoms with Gasteiger partial charge in [-0.25, -0.2) is 4.98 Å². The second-order valence-electron chi connectivity index (χ2n) is 5.55. The molecular formula is C19H16ClN3O3S. The Labute approximate surface area is 165 Å². The van der Waals surface area contributed by atoms with E-state index in [-0.39, 0.29) is 6.61 Å². The minimum absolute atomic E-state index is 0.252. The average molecular weight is 402 g/mol. The van der Waals surface area contributed by atoms with Gasteiger partial charge in [-0.05, 0) is 25.1 Å². The van der Waals surface area contributed by atoms with Crippen LogP contribution in [0.2, 0.25) is 5.02 Å². The van der Waals surface area contributed by atoms with E-state index in [0.717, 1.165) is 10.6 Å². The Hall–Kier alpha value is -2.90. The number of thiazole rings is 1. The molecule has 2 amide bonds. The van der Waals surface area contributed by atoms with Crippen molar-refractivity contribution in [2.75, 3.05) is 6.61 Å². The lowest BCUT2D eigenvalue weighted by Gasteiger charge is -2.08. The Balaban J connectivity index is 1.54. The van der Waals surface area contributed by atoms with Crippen molar-refractivity contribution in [1.29, 1.82) is 0 Å². The summed E-state index contributed by atoms with van der Waals surface area (Å²) in [6.07, 6.45) is 0. The molecule has 27 heavy (non-hydrogen) atoms. The minimum atomic E-state index is -0.492. The van der Waals surface area contributed by atoms with Crippen LogP contribution in [-0.2, 0) is 4.79 Å². The fourth-order valence-electron chi connectivity index (χ4n) is 2.24. The molecule has 0 saturated heterocycles. The molecule has 2 N–H and O–H groups in total. The van der Waals surface area contributed by atoms with Gasteiger partial charge in [-0.1, -0.05) is 48.0 Å². The van der Waals surface area contributed by atoms with Gasteiger partial charge >= 0.3 is 0 Å². The molecule has 1 aromatic heterocycles. The van der Waals surface area contributed by atoms with Crippen LogP contribution in [0.3, 0.4) is 0 Å². The van der Waals surface area contributed by atoms with Crippen molar-refractivity contribution in [1.82, 2.24) is 15.8 Å². The Kier molecular flexibility index (Phi) is 6.05. The first-order valence-electron chi connectivity index (χ1n) is 8.03. The van der Waals surface area contributed by atoms with Gasteiger partial charge in [0.15, 0.2) is 6.61 Å². The molecule has 0 bridgehead atoms. The van der Waals surface area contributed by atoms with E-state index in [0.29, 0.717) is 21.3 Å². The number of benzene rings is 2. The predicted molar refractivity (Wildman–Crippen MR) is 105 cm³/mol. The Morgan fingerprint density at radius 1 is 1.11 bits per heavy atom. The van der Waals surface area contributed by atoms with E-state index in [9.17, 15) is 9.59 Å². The third-order valence-corrected chi connectivity index (χ3v) is 4.95. The van der Waals surface area contributed by atoms with Crippen LogP contribution in [0.15, 0.2) is 54.6 Å². The molecule has 6 nitrogen and oxygen atoms in total. The van der Waals surface area contributed by atoms with Gasteiger partial charge in [0.05, 0.1) is 5.69 Å². The van der Waals surface area contributed by atoms with Gasteiger partial charge in [0.25, 0.3) is 11.8 Å². The number of ether oxygens (including phenoxy) is 1. The first kappa shape index (κ1) is 18.9. The van der Waals surface area contributed by atoms with Crippen LogP contribution in [0.4, 0.5) is 0 Å². The molecule has 0 saturated carbocycles. The SMILES string of the molecule is Cc1nc(-c2ccccc2)sc1C(=O)NNC(=O)COc1cccc(Cl)c1. The molecule has 3 aromatic rings. The number of nitrogens with one attached hydrogen (secondary N) is 2. The fourth-order valence-corrected chi connectivity index (χ4v) is 3.38. The third kappa shape index (κ3) is 5.06. The molecule has 138 valence electrons. The maximum absolute atomic E-state index is 12.3. The summed E-state index contributed by atoms with van der Waals surface area (Å²) in [4.78, 5) is 29.0. The molecule has 0 atom stereocenters. The number of hydrogen-bond acceptors (Lipinski definition) is 5. The average Bonchev–Trinajstić information content (AvgIpc) is 3.07. The highest BCUT2D eigenvalue weighted by atomic mass is 35.5. The number of rotatable bonds is 5. The topological polar surface area (TPSA) is 80.3 Å². The van der Waals surface area contributed by atoms with Crippen LogP contribution in [0.1, 0.15) is 15.4 Å². The van der Waals surface area contributed by atoms with E-state index < -0.39 is 11.8 Å². The highest BCUT2D eigenvalue weighted by Gasteiger charge is 2.16. The van der Waals surface area contributed by atoms with Crippen molar-refractivity contribution in [3.05, 3.63) is 70.2 Å². The molecular weight excluding hydrogens is 386 g/mol. The molecule has 0 unspecified atom stereocenters. The maximum Gasteiger partial charge on any atom is 0.281 e. The first-order valence-corrected chi connectivity index (χ1v) is 9.23. The van der Waals surface area contributed by atoms with E-state index in [1.807, 2.05) is 30.3 Å². The summed E-state index contributed by atoms with van der Waals surface area (Å²) in [5.41, 5.74) is 6.23. The highest BCUT2D eigenvalue weighted by molar-refractivity contribution is 7.17. The van der Waals surface area contributed by atoms with Gasteiger partial charge < -0.3 is 4.74 Å². The quantitative estimate of drug-likeness (QED) is 0.640. The fraction of sp³-hybridized carbons (Fsp3) is 0.105. The van der Waals surface area contributed by atoms with Gasteiger partial charge in [-0.15, -0.1) is 11.3 Å². The molecule has 0 spiro atoms. The number of halogens is 1. The number of hydrogen-bond donors (Lipinski definition) is 2. The zero-order valence-electron chi connectivity index (χ0n) is 14.4. The number of carbonyl (C=O) groups is 2. The molecule has 1 heterocycles. The van der Waals surface area contributed by atoms with E-state index in [1.165, 1.54) is 11.3 Å². The summed E-state index contributed by atoms with van der Waals surface area (Å²) in [5, 5.41) is 1.25. The van der Waals surface area contributed by atoms with Crippen molar-refractivity contribution in [3.8, 4) is 16.3 Å². The minimum Gasteiger partial charge on any atom is -0.484 e. The molecule has 0 aliphatic heterocycles. The van der Waals surface area contributed by atoms with Crippen LogP contribution in [0.25, 0.3) is 10.6 Å². The lowest BCUT2D eigenvalue weighted by Crippen LogP contribution is -2.43. The van der Waals surface area contributed by atoms with Crippen LogP contribution in [0.5, 0.6) is 5.75 Å². The van der Waals surface area contributed by atoms with Crippen LogP contribution in [-0.4, -0.2) is 23.4 Å². The number of amides is 2. The van der Waals surface area contributed by atoms with Crippen molar-refractivity contribution >= 4 is 34.8 Å². The summed E-state index contributed by atoms with van der Waals surface area (Å²) in [7, 11) is 0. The number of aromatic nitrogens is 1. The molecule has 8 heteroatoms. The lowest BCUT2D eigenvalue weighted by atomic mass is 10.2. The van der Waals surface area contributed by atoms with Crippen molar-refractivity contribution in [2.45, 2.75) is 6.92 Å². The zero-order chi connectivity index (χ0) is 19.2. The second-order valence-corrected chi connectivity index (χ2v) is 6.98. The summed E-state index contributed by atoms with van der Waals surface area (Å²) < 4.78 is 5.31. The standard InChI is InChI=1S/C19H16ClN3O3S/c1-12-17(27-19(21-12)13-6-3-2-4-7-13)18(25)23-22-16(24)11-26-15-9-5-8-14(20)10-15/h2-10H,11H2,1H3,(H,22,24)(H,23,25). The monoisotopic (exact) mass is 401 g/mol. The maximum atomic E-state index is 12.3. The first-order chi connectivity index (χ1) is 13.0. The van der Waals surface area contributed by atoms with E-state index >= 15 is 0 Å². The van der Waals surface area contributed by atoms with Gasteiger partial charge in [-0.2, -0.15) is 0 Å². The number of aryl methyl sites for hydroxylation is 1. The second kappa shape index (κ2) is 8.66. The predicted octanol–water partition coefficient (Wildman–Crippen LogP) is 3.61. The van der Waals surface area contributed by atoms with Crippen LogP contribution >= 0.6 is 22.9 Å². The summed E-state index contributed by atoms with van der Waals surface area (Å²) in [5.74, 6) is -0.452. The Morgan fingerprint density at radius 3 is 2.63 bits per heavy atom. The number of hydrazine groups is 1. The smallest absolute Gasteiger partial charge is 0.281 e. The molecule has 0 fully saturated rings. The third-order valence-electron chi connectivity index (χ3n) is 3.51. The normalized spacial score (nSPS) is 10.3. The van der Waals surface area contributed by atoms with Gasteiger partial charge in [-0.3, -0.25) is 20.4 Å². The van der Waals surface area contributed by atoms with E-state index in [4.69, 9.17) is 16.3 Å². The molecule has 0 aliphatic carbocycles. The van der Waals surface area contributed by atoms with Crippen LogP contribution < -0.4 is 15.6 Å². The van der Waals surface area contributed by atoms with Gasteiger partial charge in [0.1, 0.15) is 15.6 Å². The number of nitrogens with zero attached hydrogens (tertiary/aromatic N) is 1. The zero-order valence-corrected chi connectivity index (χ0v) is 15.9. The van der Waals surface area contributed by atoms with Gasteiger partial charge in [0.2, 0.25) is 0 Å². The molecule has 0 radical (unpaired) electrons. The summed E-state index contributed by atoms with van der Waals surface area (Å²) in [6, 6.07) is 16.3. The lowest BCUT2D eigenvalue weighted by molar-refractivity contribution is -0.123. The van der Waals surface area contributed by atoms with Crippen molar-refractivity contribution in [3.63, 3.8) is 0 Å². The Bertz CT molecular complexity index is 960. The van der Waals surface area contributed by atoms with Crippen molar-refractivity contribution in [2.24, 2.45) is 0 Å². The number of carbonyl (C=O) groups excluding carboxylic acids is 2. The van der Waals surface area contributed by atoms with E-state index in [2.05, 4.69) is 15.8 Å². The molecule has 2 aromatic carbocycles. The largest absolute Gasteiger partial charge is 0.484 e. The summed E-state index contributed by atoms with van der Waals surface area (Å²) in [6.45, 7) is 1.50. The Morgan fingerprint density at radius 2 is 1.89 bits per heavy atom.